The van der Waals surface area contributed by atoms with Crippen LogP contribution >= 0.6 is 0 Å². The van der Waals surface area contributed by atoms with Crippen LogP contribution < -0.4 is 5.32 Å². The van der Waals surface area contributed by atoms with Crippen molar-refractivity contribution in [2.45, 2.75) is 18.6 Å². The molecule has 0 fully saturated rings. The number of benzene rings is 2. The van der Waals surface area contributed by atoms with Crippen molar-refractivity contribution in [1.82, 2.24) is 0 Å². The van der Waals surface area contributed by atoms with Gasteiger partial charge in [-0.05, 0) is 42.0 Å². The summed E-state index contributed by atoms with van der Waals surface area (Å²) >= 11 is 0. The summed E-state index contributed by atoms with van der Waals surface area (Å²) in [7, 11) is 1.38. The van der Waals surface area contributed by atoms with Crippen molar-refractivity contribution in [3.8, 4) is 11.8 Å². The van der Waals surface area contributed by atoms with Gasteiger partial charge in [0.2, 0.25) is 0 Å². The predicted octanol–water partition coefficient (Wildman–Crippen LogP) is 3.09. The summed E-state index contributed by atoms with van der Waals surface area (Å²) in [6.45, 7) is -0.226. The van der Waals surface area contributed by atoms with Gasteiger partial charge in [-0.1, -0.05) is 6.07 Å². The number of aliphatic hydroxyl groups is 1. The molecule has 0 spiro atoms. The first-order valence-corrected chi connectivity index (χ1v) is 8.08. The minimum atomic E-state index is -1.02. The lowest BCUT2D eigenvalue weighted by molar-refractivity contribution is -0.0307. The highest BCUT2D eigenvalue weighted by Gasteiger charge is 2.28. The molecule has 2 atom stereocenters. The maximum absolute atomic E-state index is 13.7. The Morgan fingerprint density at radius 1 is 1.30 bits per heavy atom. The third kappa shape index (κ3) is 5.41. The molecule has 2 aromatic carbocycles. The van der Waals surface area contributed by atoms with Gasteiger partial charge in [0.15, 0.2) is 17.7 Å². The quantitative estimate of drug-likeness (QED) is 0.687. The number of aliphatic hydroxyl groups excluding tert-OH is 1. The average molecular weight is 374 g/mol. The zero-order valence-corrected chi connectivity index (χ0v) is 14.6. The number of nitrogens with one attached hydrogen (secondary N) is 1. The molecule has 2 rings (SSSR count). The Hall–Kier alpha value is -3.15. The van der Waals surface area contributed by atoms with Crippen molar-refractivity contribution < 1.29 is 28.9 Å². The molecule has 27 heavy (non-hydrogen) atoms. The van der Waals surface area contributed by atoms with Crippen LogP contribution in [0.25, 0.3) is 0 Å². The van der Waals surface area contributed by atoms with E-state index in [9.17, 15) is 19.4 Å². The van der Waals surface area contributed by atoms with Crippen LogP contribution in [-0.2, 0) is 9.47 Å². The number of halogens is 1. The molecule has 0 unspecified atom stereocenters. The minimum absolute atomic E-state index is 0.147. The lowest BCUT2D eigenvalue weighted by atomic mass is 10.0. The molecule has 7 nitrogen and oxygen atoms in total. The summed E-state index contributed by atoms with van der Waals surface area (Å²) in [5.74, 6) is -1.40. The fourth-order valence-corrected chi connectivity index (χ4v) is 2.47. The molecular formula is C19H19FN2O5. The summed E-state index contributed by atoms with van der Waals surface area (Å²) < 4.78 is 24.4. The Bertz CT molecular complexity index is 820. The molecule has 142 valence electrons. The summed E-state index contributed by atoms with van der Waals surface area (Å²) in [5, 5.41) is 29.9. The Labute approximate surface area is 155 Å². The van der Waals surface area contributed by atoms with Crippen molar-refractivity contribution in [3.63, 3.8) is 0 Å². The number of aromatic hydroxyl groups is 1. The van der Waals surface area contributed by atoms with Gasteiger partial charge >= 0.3 is 6.09 Å². The third-order valence-electron chi connectivity index (χ3n) is 3.85. The number of amides is 1. The molecular weight excluding hydrogens is 355 g/mol. The number of hydrogen-bond donors (Lipinski definition) is 3. The first kappa shape index (κ1) is 20.2. The zero-order chi connectivity index (χ0) is 19.8. The molecule has 0 heterocycles. The van der Waals surface area contributed by atoms with Crippen molar-refractivity contribution in [2.24, 2.45) is 0 Å². The smallest absolute Gasteiger partial charge is 0.412 e. The number of phenols is 1. The number of hydrogen-bond acceptors (Lipinski definition) is 6. The summed E-state index contributed by atoms with van der Waals surface area (Å²) in [4.78, 5) is 12.3. The van der Waals surface area contributed by atoms with Crippen LogP contribution in [0.4, 0.5) is 14.9 Å². The van der Waals surface area contributed by atoms with E-state index < -0.39 is 29.9 Å². The van der Waals surface area contributed by atoms with Gasteiger partial charge in [0.25, 0.3) is 0 Å². The number of anilines is 1. The molecule has 3 N–H and O–H groups in total. The zero-order valence-electron chi connectivity index (χ0n) is 14.6. The molecule has 2 aromatic rings. The van der Waals surface area contributed by atoms with Gasteiger partial charge in [0.1, 0.15) is 6.10 Å². The average Bonchev–Trinajstić information content (AvgIpc) is 2.67. The third-order valence-corrected chi connectivity index (χ3v) is 3.85. The number of ether oxygens (including phenoxy) is 2. The highest BCUT2D eigenvalue weighted by atomic mass is 19.1. The molecule has 0 aliphatic rings. The van der Waals surface area contributed by atoms with Gasteiger partial charge in [-0.3, -0.25) is 5.32 Å². The van der Waals surface area contributed by atoms with Gasteiger partial charge in [-0.15, -0.1) is 0 Å². The minimum Gasteiger partial charge on any atom is -0.505 e. The van der Waals surface area contributed by atoms with Crippen LogP contribution in [-0.4, -0.2) is 36.1 Å². The van der Waals surface area contributed by atoms with Gasteiger partial charge in [0, 0.05) is 25.8 Å². The number of carbonyl (C=O) groups is 1. The second kappa shape index (κ2) is 9.52. The van der Waals surface area contributed by atoms with Crippen molar-refractivity contribution in [3.05, 3.63) is 59.4 Å². The number of rotatable bonds is 7. The lowest BCUT2D eigenvalue weighted by Crippen LogP contribution is -2.29. The van der Waals surface area contributed by atoms with Crippen LogP contribution in [0.3, 0.4) is 0 Å². The molecule has 0 saturated heterocycles. The maximum atomic E-state index is 13.7. The van der Waals surface area contributed by atoms with Crippen LogP contribution in [0.1, 0.15) is 23.7 Å². The van der Waals surface area contributed by atoms with Crippen LogP contribution in [0.15, 0.2) is 42.5 Å². The molecule has 0 radical (unpaired) electrons. The summed E-state index contributed by atoms with van der Waals surface area (Å²) in [6, 6.07) is 11.7. The predicted molar refractivity (Wildman–Crippen MR) is 94.6 cm³/mol. The molecule has 0 bridgehead atoms. The Balaban J connectivity index is 2.20. The van der Waals surface area contributed by atoms with E-state index in [1.54, 1.807) is 0 Å². The molecule has 1 amide bonds. The highest BCUT2D eigenvalue weighted by molar-refractivity contribution is 5.84. The normalized spacial score (nSPS) is 12.7. The van der Waals surface area contributed by atoms with Gasteiger partial charge in [-0.2, -0.15) is 5.26 Å². The molecule has 0 saturated carbocycles. The lowest BCUT2D eigenvalue weighted by Gasteiger charge is -2.26. The fourth-order valence-electron chi connectivity index (χ4n) is 2.47. The molecule has 0 aromatic heterocycles. The summed E-state index contributed by atoms with van der Waals surface area (Å²) in [5.41, 5.74) is 1.11. The van der Waals surface area contributed by atoms with Crippen LogP contribution in [0.2, 0.25) is 0 Å². The second-order valence-corrected chi connectivity index (χ2v) is 5.64. The fraction of sp³-hybridized carbons (Fsp3) is 0.263. The van der Waals surface area contributed by atoms with E-state index in [0.717, 1.165) is 12.1 Å². The number of nitrogens with zero attached hydrogens (tertiary/aromatic N) is 1. The van der Waals surface area contributed by atoms with E-state index in [2.05, 4.69) is 5.32 Å². The largest absolute Gasteiger partial charge is 0.505 e. The van der Waals surface area contributed by atoms with E-state index in [1.165, 1.54) is 37.4 Å². The van der Waals surface area contributed by atoms with E-state index in [1.807, 2.05) is 6.07 Å². The van der Waals surface area contributed by atoms with Gasteiger partial charge in [-0.25, -0.2) is 9.18 Å². The van der Waals surface area contributed by atoms with Crippen LogP contribution in [0.5, 0.6) is 5.75 Å². The van der Waals surface area contributed by atoms with E-state index >= 15 is 0 Å². The summed E-state index contributed by atoms with van der Waals surface area (Å²) in [6.07, 6.45) is -2.42. The Kier molecular flexibility index (Phi) is 7.11. The number of methoxy groups -OCH3 is 1. The molecule has 8 heteroatoms. The highest BCUT2D eigenvalue weighted by Crippen LogP contribution is 2.29. The van der Waals surface area contributed by atoms with Crippen LogP contribution in [0, 0.1) is 17.1 Å². The topological polar surface area (TPSA) is 112 Å². The van der Waals surface area contributed by atoms with E-state index in [-0.39, 0.29) is 18.6 Å². The van der Waals surface area contributed by atoms with Gasteiger partial charge < -0.3 is 19.7 Å². The first-order valence-electron chi connectivity index (χ1n) is 8.08. The van der Waals surface area contributed by atoms with E-state index in [4.69, 9.17) is 14.7 Å². The Morgan fingerprint density at radius 2 is 2.00 bits per heavy atom. The first-order chi connectivity index (χ1) is 13.0. The Morgan fingerprint density at radius 3 is 2.56 bits per heavy atom. The number of phenolic OH excluding ortho intramolecular Hbond substituents is 1. The van der Waals surface area contributed by atoms with Crippen molar-refractivity contribution in [1.29, 1.82) is 5.26 Å². The van der Waals surface area contributed by atoms with Gasteiger partial charge in [0.05, 0.1) is 11.6 Å². The SMILES string of the molecule is CO[C@H](CCO)[C@H](OC(=O)Nc1ccc(C#N)cc1)c1ccc(O)c(F)c1. The number of nitriles is 1. The number of carbonyl (C=O) groups excluding carboxylic acids is 1. The van der Waals surface area contributed by atoms with Crippen molar-refractivity contribution >= 4 is 11.8 Å². The maximum Gasteiger partial charge on any atom is 0.412 e. The molecule has 0 aliphatic carbocycles. The standard InChI is InChI=1S/C19H19FN2O5/c1-26-17(8-9-23)18(13-4-7-16(24)15(20)10-13)27-19(25)22-14-5-2-12(11-21)3-6-14/h2-7,10,17-18,23-24H,8-9H2,1H3,(H,22,25)/t17-,18-/m1/s1. The monoisotopic (exact) mass is 374 g/mol. The van der Waals surface area contributed by atoms with Crippen molar-refractivity contribution in [2.75, 3.05) is 19.0 Å². The van der Waals surface area contributed by atoms with E-state index in [0.29, 0.717) is 11.3 Å². The molecule has 0 aliphatic heterocycles. The second-order valence-electron chi connectivity index (χ2n) is 5.64.